The first-order chi connectivity index (χ1) is 6.62. The van der Waals surface area contributed by atoms with Gasteiger partial charge in [0.1, 0.15) is 6.07 Å². The molecule has 0 fully saturated rings. The number of aromatic nitrogens is 1. The summed E-state index contributed by atoms with van der Waals surface area (Å²) in [5.41, 5.74) is 1.90. The van der Waals surface area contributed by atoms with E-state index in [0.717, 1.165) is 5.56 Å². The van der Waals surface area contributed by atoms with Gasteiger partial charge in [-0.15, -0.1) is 0 Å². The quantitative estimate of drug-likeness (QED) is 0.619. The lowest BCUT2D eigenvalue weighted by Crippen LogP contribution is -2.20. The van der Waals surface area contributed by atoms with Crippen LogP contribution in [0.5, 0.6) is 0 Å². The Morgan fingerprint density at radius 3 is 2.93 bits per heavy atom. The van der Waals surface area contributed by atoms with Gasteiger partial charge < -0.3 is 0 Å². The third-order valence-electron chi connectivity index (χ3n) is 2.31. The van der Waals surface area contributed by atoms with Crippen LogP contribution < -0.4 is 0 Å². The maximum absolute atomic E-state index is 11.4. The van der Waals surface area contributed by atoms with Gasteiger partial charge in [0.25, 0.3) is 0 Å². The molecular formula is C9H8N2O2S. The smallest absolute Gasteiger partial charge is 0.154 e. The van der Waals surface area contributed by atoms with Crippen LogP contribution in [0.4, 0.5) is 0 Å². The maximum Gasteiger partial charge on any atom is 0.154 e. The van der Waals surface area contributed by atoms with Crippen LogP contribution in [0, 0.1) is 11.3 Å². The Balaban J connectivity index is 2.60. The van der Waals surface area contributed by atoms with Crippen molar-refractivity contribution in [3.8, 4) is 6.07 Å². The number of nitrogens with zero attached hydrogens (tertiary/aromatic N) is 2. The molecule has 2 heterocycles. The van der Waals surface area contributed by atoms with Crippen molar-refractivity contribution in [2.75, 3.05) is 5.75 Å². The Hall–Kier alpha value is -1.41. The van der Waals surface area contributed by atoms with Crippen molar-refractivity contribution in [2.24, 2.45) is 0 Å². The fourth-order valence-corrected chi connectivity index (χ4v) is 3.03. The van der Waals surface area contributed by atoms with E-state index in [1.807, 2.05) is 6.07 Å². The summed E-state index contributed by atoms with van der Waals surface area (Å²) in [5, 5.41) is 8.78. The molecule has 0 saturated heterocycles. The van der Waals surface area contributed by atoms with E-state index in [2.05, 4.69) is 4.98 Å². The topological polar surface area (TPSA) is 70.8 Å². The highest BCUT2D eigenvalue weighted by Crippen LogP contribution is 2.22. The molecule has 5 heteroatoms. The Morgan fingerprint density at radius 1 is 1.43 bits per heavy atom. The molecule has 0 spiro atoms. The van der Waals surface area contributed by atoms with Crippen LogP contribution >= 0.6 is 0 Å². The molecule has 0 saturated carbocycles. The molecular weight excluding hydrogens is 200 g/mol. The standard InChI is InChI=1S/C9H8N2O2S/c10-3-8-5-11-4-7-1-2-14(12,13)6-9(7)8/h4-5H,1-2,6H2. The summed E-state index contributed by atoms with van der Waals surface area (Å²) in [6, 6.07) is 1.97. The molecule has 1 aliphatic heterocycles. The minimum absolute atomic E-state index is 0.0201. The van der Waals surface area contributed by atoms with Crippen molar-refractivity contribution in [1.29, 1.82) is 5.26 Å². The molecule has 0 bridgehead atoms. The van der Waals surface area contributed by atoms with Crippen LogP contribution in [-0.2, 0) is 22.0 Å². The summed E-state index contributed by atoms with van der Waals surface area (Å²) >= 11 is 0. The van der Waals surface area contributed by atoms with Crippen molar-refractivity contribution in [3.05, 3.63) is 29.1 Å². The van der Waals surface area contributed by atoms with E-state index in [-0.39, 0.29) is 11.5 Å². The van der Waals surface area contributed by atoms with E-state index in [0.29, 0.717) is 17.5 Å². The third-order valence-corrected chi connectivity index (χ3v) is 3.87. The minimum atomic E-state index is -3.01. The molecule has 0 atom stereocenters. The average Bonchev–Trinajstić information content (AvgIpc) is 2.15. The molecule has 0 N–H and O–H groups in total. The van der Waals surface area contributed by atoms with Crippen LogP contribution in [0.15, 0.2) is 12.4 Å². The molecule has 0 radical (unpaired) electrons. The largest absolute Gasteiger partial charge is 0.263 e. The Kier molecular flexibility index (Phi) is 2.01. The lowest BCUT2D eigenvalue weighted by atomic mass is 10.0. The van der Waals surface area contributed by atoms with Crippen LogP contribution in [0.1, 0.15) is 16.7 Å². The van der Waals surface area contributed by atoms with Gasteiger partial charge in [-0.1, -0.05) is 0 Å². The van der Waals surface area contributed by atoms with Crippen LogP contribution in [0.3, 0.4) is 0 Å². The predicted octanol–water partition coefficient (Wildman–Crippen LogP) is 0.424. The summed E-state index contributed by atoms with van der Waals surface area (Å²) in [7, 11) is -3.01. The number of aryl methyl sites for hydroxylation is 1. The summed E-state index contributed by atoms with van der Waals surface area (Å²) in [6.45, 7) is 0. The molecule has 1 aromatic rings. The molecule has 1 aliphatic rings. The molecule has 14 heavy (non-hydrogen) atoms. The van der Waals surface area contributed by atoms with Gasteiger partial charge in [-0.3, -0.25) is 4.98 Å². The van der Waals surface area contributed by atoms with Crippen molar-refractivity contribution < 1.29 is 8.42 Å². The number of hydrogen-bond acceptors (Lipinski definition) is 4. The highest BCUT2D eigenvalue weighted by molar-refractivity contribution is 7.90. The molecule has 1 aromatic heterocycles. The lowest BCUT2D eigenvalue weighted by molar-refractivity contribution is 0.591. The normalized spacial score (nSPS) is 18.2. The predicted molar refractivity (Wildman–Crippen MR) is 50.1 cm³/mol. The second-order valence-electron chi connectivity index (χ2n) is 3.28. The molecule has 0 aromatic carbocycles. The van der Waals surface area contributed by atoms with Crippen LogP contribution in [0.25, 0.3) is 0 Å². The van der Waals surface area contributed by atoms with Crippen LogP contribution in [0.2, 0.25) is 0 Å². The number of hydrogen-bond donors (Lipinski definition) is 0. The van der Waals surface area contributed by atoms with Gasteiger partial charge in [0, 0.05) is 12.4 Å². The highest BCUT2D eigenvalue weighted by Gasteiger charge is 2.23. The van der Waals surface area contributed by atoms with E-state index < -0.39 is 9.84 Å². The zero-order chi connectivity index (χ0) is 10.2. The number of rotatable bonds is 0. The van der Waals surface area contributed by atoms with Gasteiger partial charge in [0.15, 0.2) is 9.84 Å². The Bertz CT molecular complexity index is 514. The second kappa shape index (κ2) is 3.07. The monoisotopic (exact) mass is 208 g/mol. The maximum atomic E-state index is 11.4. The third kappa shape index (κ3) is 1.49. The SMILES string of the molecule is N#Cc1cncc2c1CS(=O)(=O)CC2. The fraction of sp³-hybridized carbons (Fsp3) is 0.333. The first kappa shape index (κ1) is 9.16. The molecule has 0 aliphatic carbocycles. The van der Waals surface area contributed by atoms with E-state index in [1.165, 1.54) is 6.20 Å². The number of pyridine rings is 1. The van der Waals surface area contributed by atoms with Gasteiger partial charge in [0.05, 0.1) is 17.1 Å². The van der Waals surface area contributed by atoms with Crippen molar-refractivity contribution in [1.82, 2.24) is 4.98 Å². The molecule has 0 amide bonds. The number of sulfone groups is 1. The van der Waals surface area contributed by atoms with Crippen molar-refractivity contribution in [3.63, 3.8) is 0 Å². The number of fused-ring (bicyclic) bond motifs is 1. The van der Waals surface area contributed by atoms with Gasteiger partial charge in [-0.05, 0) is 17.5 Å². The molecule has 72 valence electrons. The first-order valence-corrected chi connectivity index (χ1v) is 6.01. The zero-order valence-electron chi connectivity index (χ0n) is 7.40. The second-order valence-corrected chi connectivity index (χ2v) is 5.46. The van der Waals surface area contributed by atoms with Gasteiger partial charge >= 0.3 is 0 Å². The van der Waals surface area contributed by atoms with E-state index in [4.69, 9.17) is 5.26 Å². The first-order valence-electron chi connectivity index (χ1n) is 4.19. The van der Waals surface area contributed by atoms with Gasteiger partial charge in [0.2, 0.25) is 0 Å². The van der Waals surface area contributed by atoms with Gasteiger partial charge in [-0.25, -0.2) is 8.42 Å². The number of nitriles is 1. The summed E-state index contributed by atoms with van der Waals surface area (Å²) in [4.78, 5) is 3.90. The summed E-state index contributed by atoms with van der Waals surface area (Å²) < 4.78 is 22.7. The van der Waals surface area contributed by atoms with Crippen LogP contribution in [-0.4, -0.2) is 19.2 Å². The summed E-state index contributed by atoms with van der Waals surface area (Å²) in [6.07, 6.45) is 3.53. The van der Waals surface area contributed by atoms with Crippen molar-refractivity contribution >= 4 is 9.84 Å². The van der Waals surface area contributed by atoms with E-state index >= 15 is 0 Å². The van der Waals surface area contributed by atoms with E-state index in [9.17, 15) is 8.42 Å². The molecule has 2 rings (SSSR count). The minimum Gasteiger partial charge on any atom is -0.263 e. The zero-order valence-corrected chi connectivity index (χ0v) is 8.21. The fourth-order valence-electron chi connectivity index (χ4n) is 1.57. The van der Waals surface area contributed by atoms with Gasteiger partial charge in [-0.2, -0.15) is 5.26 Å². The Morgan fingerprint density at radius 2 is 2.21 bits per heavy atom. The average molecular weight is 208 g/mol. The van der Waals surface area contributed by atoms with Crippen molar-refractivity contribution in [2.45, 2.75) is 12.2 Å². The lowest BCUT2D eigenvalue weighted by Gasteiger charge is -2.16. The van der Waals surface area contributed by atoms with E-state index in [1.54, 1.807) is 6.20 Å². The highest BCUT2D eigenvalue weighted by atomic mass is 32.2. The summed E-state index contributed by atoms with van der Waals surface area (Å²) in [5.74, 6) is 0.143. The molecule has 0 unspecified atom stereocenters. The molecule has 4 nitrogen and oxygen atoms in total. The Labute approximate surface area is 82.1 Å².